The maximum atomic E-state index is 14.0. The van der Waals surface area contributed by atoms with Crippen molar-refractivity contribution in [3.63, 3.8) is 0 Å². The highest BCUT2D eigenvalue weighted by atomic mass is 35.5. The lowest BCUT2D eigenvalue weighted by Crippen LogP contribution is -2.38. The van der Waals surface area contributed by atoms with Crippen molar-refractivity contribution in [3.05, 3.63) is 151 Å². The molecule has 6 nitrogen and oxygen atoms in total. The maximum absolute atomic E-state index is 14.0. The SMILES string of the molecule is O=c1c2ccccc2nc(/C=C/c2ccc(Cl)cc2)n1-n1c(/C=C/c2ccc(Cl)cc2)nc2ccccc2c1=O. The second-order valence-electron chi connectivity index (χ2n) is 8.98. The molecule has 0 fully saturated rings. The quantitative estimate of drug-likeness (QED) is 0.225. The Morgan fingerprint density at radius 2 is 0.875 bits per heavy atom. The molecule has 0 aliphatic carbocycles. The molecule has 6 rings (SSSR count). The van der Waals surface area contributed by atoms with Crippen molar-refractivity contribution in [1.82, 2.24) is 19.3 Å². The number of halogens is 2. The van der Waals surface area contributed by atoms with Crippen molar-refractivity contribution in [1.29, 1.82) is 0 Å². The summed E-state index contributed by atoms with van der Waals surface area (Å²) in [4.78, 5) is 37.5. The van der Waals surface area contributed by atoms with E-state index >= 15 is 0 Å². The van der Waals surface area contributed by atoms with E-state index in [0.29, 0.717) is 31.9 Å². The highest BCUT2D eigenvalue weighted by Crippen LogP contribution is 2.17. The third-order valence-corrected chi connectivity index (χ3v) is 6.85. The van der Waals surface area contributed by atoms with E-state index in [0.717, 1.165) is 11.1 Å². The Morgan fingerprint density at radius 3 is 1.27 bits per heavy atom. The van der Waals surface area contributed by atoms with Crippen molar-refractivity contribution in [2.45, 2.75) is 0 Å². The fraction of sp³-hybridized carbons (Fsp3) is 0. The van der Waals surface area contributed by atoms with Gasteiger partial charge in [-0.1, -0.05) is 83.9 Å². The van der Waals surface area contributed by atoms with Crippen LogP contribution in [0.25, 0.3) is 46.1 Å². The zero-order valence-electron chi connectivity index (χ0n) is 20.9. The van der Waals surface area contributed by atoms with E-state index in [1.165, 1.54) is 9.35 Å². The van der Waals surface area contributed by atoms with Gasteiger partial charge in [-0.15, -0.1) is 0 Å². The van der Waals surface area contributed by atoms with Crippen LogP contribution in [-0.2, 0) is 0 Å². The average Bonchev–Trinajstić information content (AvgIpc) is 2.97. The minimum Gasteiger partial charge on any atom is -0.267 e. The first-order valence-electron chi connectivity index (χ1n) is 12.4. The van der Waals surface area contributed by atoms with Gasteiger partial charge in [-0.05, 0) is 71.8 Å². The largest absolute Gasteiger partial charge is 0.281 e. The highest BCUT2D eigenvalue weighted by Gasteiger charge is 2.17. The number of fused-ring (bicyclic) bond motifs is 2. The number of nitrogens with zero attached hydrogens (tertiary/aromatic N) is 4. The Hall–Kier alpha value is -4.78. The van der Waals surface area contributed by atoms with Gasteiger partial charge in [0.25, 0.3) is 11.1 Å². The van der Waals surface area contributed by atoms with E-state index in [-0.39, 0.29) is 11.6 Å². The molecule has 0 saturated heterocycles. The molecule has 0 amide bonds. The lowest BCUT2D eigenvalue weighted by Gasteiger charge is -2.16. The molecule has 8 heteroatoms. The summed E-state index contributed by atoms with van der Waals surface area (Å²) in [6.45, 7) is 0. The van der Waals surface area contributed by atoms with Crippen LogP contribution in [-0.4, -0.2) is 19.3 Å². The minimum atomic E-state index is -0.401. The third kappa shape index (κ3) is 4.98. The molecular formula is C32H20Cl2N4O2. The van der Waals surface area contributed by atoms with Gasteiger partial charge in [0.15, 0.2) is 11.6 Å². The van der Waals surface area contributed by atoms with Gasteiger partial charge in [-0.2, -0.15) is 9.35 Å². The first-order valence-corrected chi connectivity index (χ1v) is 13.1. The van der Waals surface area contributed by atoms with Crippen LogP contribution in [0, 0.1) is 0 Å². The zero-order valence-corrected chi connectivity index (χ0v) is 22.4. The lowest BCUT2D eigenvalue weighted by atomic mass is 10.2. The number of hydrogen-bond acceptors (Lipinski definition) is 4. The Kier molecular flexibility index (Phi) is 6.86. The summed E-state index contributed by atoms with van der Waals surface area (Å²) in [6, 6.07) is 28.6. The summed E-state index contributed by atoms with van der Waals surface area (Å²) in [5, 5.41) is 1.98. The number of aromatic nitrogens is 4. The normalized spacial score (nSPS) is 11.8. The molecule has 194 valence electrons. The number of para-hydroxylation sites is 2. The summed E-state index contributed by atoms with van der Waals surface area (Å²) < 4.78 is 2.55. The smallest absolute Gasteiger partial charge is 0.267 e. The van der Waals surface area contributed by atoms with Crippen molar-refractivity contribution in [2.24, 2.45) is 0 Å². The van der Waals surface area contributed by atoms with Crippen LogP contribution in [0.5, 0.6) is 0 Å². The van der Waals surface area contributed by atoms with Crippen LogP contribution in [0.3, 0.4) is 0 Å². The second kappa shape index (κ2) is 10.8. The highest BCUT2D eigenvalue weighted by molar-refractivity contribution is 6.30. The molecule has 0 bridgehead atoms. The standard InChI is InChI=1S/C32H20Cl2N4O2/c33-23-15-9-21(10-16-23)13-19-29-35-27-7-3-1-5-25(27)31(39)37(29)38-30(20-14-22-11-17-24(34)18-12-22)36-28-8-4-2-6-26(28)32(38)40/h1-20H/b19-13+,20-14+. The van der Waals surface area contributed by atoms with E-state index < -0.39 is 11.1 Å². The monoisotopic (exact) mass is 562 g/mol. The van der Waals surface area contributed by atoms with Crippen LogP contribution >= 0.6 is 23.2 Å². The molecule has 0 atom stereocenters. The van der Waals surface area contributed by atoms with Crippen molar-refractivity contribution in [3.8, 4) is 0 Å². The summed E-state index contributed by atoms with van der Waals surface area (Å²) in [6.07, 6.45) is 7.02. The number of benzene rings is 4. The Balaban J connectivity index is 1.64. The summed E-state index contributed by atoms with van der Waals surface area (Å²) in [7, 11) is 0. The van der Waals surface area contributed by atoms with E-state index in [4.69, 9.17) is 33.2 Å². The zero-order chi connectivity index (χ0) is 27.6. The fourth-order valence-electron chi connectivity index (χ4n) is 4.37. The number of hydrogen-bond donors (Lipinski definition) is 0. The summed E-state index contributed by atoms with van der Waals surface area (Å²) >= 11 is 12.1. The van der Waals surface area contributed by atoms with Gasteiger partial charge in [-0.3, -0.25) is 9.59 Å². The first kappa shape index (κ1) is 25.5. The van der Waals surface area contributed by atoms with E-state index in [9.17, 15) is 9.59 Å². The molecule has 0 N–H and O–H groups in total. The minimum absolute atomic E-state index is 0.263. The number of rotatable bonds is 5. The lowest BCUT2D eigenvalue weighted by molar-refractivity contribution is 0.581. The van der Waals surface area contributed by atoms with Crippen LogP contribution in [0.4, 0.5) is 0 Å². The van der Waals surface area contributed by atoms with Gasteiger partial charge in [0.1, 0.15) is 0 Å². The van der Waals surface area contributed by atoms with Crippen LogP contribution in [0.1, 0.15) is 22.8 Å². The Bertz CT molecular complexity index is 1910. The molecule has 0 spiro atoms. The molecule has 0 radical (unpaired) electrons. The van der Waals surface area contributed by atoms with Gasteiger partial charge < -0.3 is 0 Å². The van der Waals surface area contributed by atoms with Gasteiger partial charge in [0.2, 0.25) is 0 Å². The van der Waals surface area contributed by atoms with Crippen LogP contribution in [0.15, 0.2) is 107 Å². The van der Waals surface area contributed by atoms with Crippen LogP contribution in [0.2, 0.25) is 10.0 Å². The van der Waals surface area contributed by atoms with E-state index in [2.05, 4.69) is 0 Å². The van der Waals surface area contributed by atoms with Crippen molar-refractivity contribution in [2.75, 3.05) is 0 Å². The Labute approximate surface area is 238 Å². The van der Waals surface area contributed by atoms with E-state index in [1.807, 2.05) is 48.6 Å². The molecular weight excluding hydrogens is 543 g/mol. The fourth-order valence-corrected chi connectivity index (χ4v) is 4.63. The van der Waals surface area contributed by atoms with Gasteiger partial charge in [0.05, 0.1) is 21.8 Å². The first-order chi connectivity index (χ1) is 19.5. The molecule has 0 aliphatic heterocycles. The molecule has 4 aromatic carbocycles. The van der Waals surface area contributed by atoms with Gasteiger partial charge in [-0.25, -0.2) is 9.97 Å². The van der Waals surface area contributed by atoms with Gasteiger partial charge in [0, 0.05) is 10.0 Å². The molecule has 6 aromatic rings. The molecule has 2 heterocycles. The van der Waals surface area contributed by atoms with Gasteiger partial charge >= 0.3 is 0 Å². The average molecular weight is 563 g/mol. The topological polar surface area (TPSA) is 69.8 Å². The van der Waals surface area contributed by atoms with Crippen LogP contribution < -0.4 is 11.1 Å². The predicted molar refractivity (Wildman–Crippen MR) is 164 cm³/mol. The summed E-state index contributed by atoms with van der Waals surface area (Å²) in [5.41, 5.74) is 1.93. The second-order valence-corrected chi connectivity index (χ2v) is 9.85. The van der Waals surface area contributed by atoms with Crippen molar-refractivity contribution < 1.29 is 0 Å². The molecule has 0 unspecified atom stereocenters. The molecule has 2 aromatic heterocycles. The predicted octanol–water partition coefficient (Wildman–Crippen LogP) is 7.07. The van der Waals surface area contributed by atoms with E-state index in [1.54, 1.807) is 72.8 Å². The Morgan fingerprint density at radius 1 is 0.500 bits per heavy atom. The maximum Gasteiger partial charge on any atom is 0.281 e. The molecule has 0 saturated carbocycles. The third-order valence-electron chi connectivity index (χ3n) is 6.35. The molecule has 40 heavy (non-hydrogen) atoms. The summed E-state index contributed by atoms with van der Waals surface area (Å²) in [5.74, 6) is 0.526. The van der Waals surface area contributed by atoms with Crippen molar-refractivity contribution >= 4 is 69.3 Å². The molecule has 0 aliphatic rings.